The van der Waals surface area contributed by atoms with Crippen LogP contribution in [0.4, 0.5) is 5.69 Å². The van der Waals surface area contributed by atoms with Crippen LogP contribution in [0.25, 0.3) is 11.1 Å². The van der Waals surface area contributed by atoms with Crippen LogP contribution in [0.3, 0.4) is 0 Å². The lowest BCUT2D eigenvalue weighted by atomic mass is 10.0. The summed E-state index contributed by atoms with van der Waals surface area (Å²) < 4.78 is 1.84. The second-order valence-corrected chi connectivity index (χ2v) is 7.29. The maximum absolute atomic E-state index is 13.2. The van der Waals surface area contributed by atoms with Gasteiger partial charge in [0.25, 0.3) is 0 Å². The highest BCUT2D eigenvalue weighted by Gasteiger charge is 2.20. The summed E-state index contributed by atoms with van der Waals surface area (Å²) in [5, 5.41) is 14.4. The van der Waals surface area contributed by atoms with Gasteiger partial charge in [-0.25, -0.2) is 0 Å². The maximum Gasteiger partial charge on any atom is 0.241 e. The van der Waals surface area contributed by atoms with E-state index in [2.05, 4.69) is 25.8 Å². The van der Waals surface area contributed by atoms with Gasteiger partial charge in [0.15, 0.2) is 0 Å². The van der Waals surface area contributed by atoms with Crippen molar-refractivity contribution in [2.24, 2.45) is 7.05 Å². The third-order valence-electron chi connectivity index (χ3n) is 5.05. The zero-order valence-electron chi connectivity index (χ0n) is 17.3. The Labute approximate surface area is 181 Å². The number of rotatable bonds is 8. The molecule has 4 aromatic rings. The molecule has 0 saturated carbocycles. The van der Waals surface area contributed by atoms with Gasteiger partial charge in [0, 0.05) is 25.1 Å². The molecule has 2 aromatic carbocycles. The smallest absolute Gasteiger partial charge is 0.241 e. The quantitative estimate of drug-likeness (QED) is 0.464. The highest BCUT2D eigenvalue weighted by molar-refractivity contribution is 5.95. The molecular weight excluding hydrogens is 388 g/mol. The largest absolute Gasteiger partial charge is 0.325 e. The van der Waals surface area contributed by atoms with E-state index in [0.717, 1.165) is 28.2 Å². The monoisotopic (exact) mass is 412 g/mol. The minimum Gasteiger partial charge on any atom is -0.325 e. The topological polar surface area (TPSA) is 84.7 Å². The van der Waals surface area contributed by atoms with Crippen LogP contribution in [0.2, 0.25) is 0 Å². The Morgan fingerprint density at radius 1 is 1.00 bits per heavy atom. The summed E-state index contributed by atoms with van der Waals surface area (Å²) in [4.78, 5) is 17.2. The summed E-state index contributed by atoms with van der Waals surface area (Å²) in [6, 6.07) is 21.2. The van der Waals surface area contributed by atoms with Gasteiger partial charge in [-0.15, -0.1) is 10.2 Å². The number of nitrogens with zero attached hydrogens (tertiary/aromatic N) is 4. The predicted molar refractivity (Wildman–Crippen MR) is 120 cm³/mol. The standard InChI is InChI=1S/C24H24N6O/c1-30-17-27-29-23(30)16-26-22(14-18-6-3-2-4-7-18)24(31)28-21-9-5-8-20(15-21)19-10-12-25-13-11-19/h2-13,15,17,22,26H,14,16H2,1H3,(H,28,31)/t22-/m0/s1. The first-order valence-electron chi connectivity index (χ1n) is 10.1. The lowest BCUT2D eigenvalue weighted by molar-refractivity contribution is -0.118. The van der Waals surface area contributed by atoms with Gasteiger partial charge in [-0.1, -0.05) is 42.5 Å². The first kappa shape index (κ1) is 20.4. The third-order valence-corrected chi connectivity index (χ3v) is 5.05. The van der Waals surface area contributed by atoms with Crippen LogP contribution in [0.5, 0.6) is 0 Å². The first-order valence-corrected chi connectivity index (χ1v) is 10.1. The normalized spacial score (nSPS) is 11.8. The van der Waals surface area contributed by atoms with Crippen molar-refractivity contribution in [2.45, 2.75) is 19.0 Å². The molecular formula is C24H24N6O. The fourth-order valence-corrected chi connectivity index (χ4v) is 3.34. The Balaban J connectivity index is 1.50. The number of nitrogens with one attached hydrogen (secondary N) is 2. The van der Waals surface area contributed by atoms with E-state index in [9.17, 15) is 4.79 Å². The van der Waals surface area contributed by atoms with Crippen LogP contribution in [-0.4, -0.2) is 31.7 Å². The van der Waals surface area contributed by atoms with E-state index in [1.165, 1.54) is 0 Å². The van der Waals surface area contributed by atoms with Crippen molar-refractivity contribution in [1.29, 1.82) is 0 Å². The van der Waals surface area contributed by atoms with Crippen molar-refractivity contribution < 1.29 is 4.79 Å². The second kappa shape index (κ2) is 9.77. The molecule has 31 heavy (non-hydrogen) atoms. The van der Waals surface area contributed by atoms with Crippen LogP contribution in [0.15, 0.2) is 85.5 Å². The summed E-state index contributed by atoms with van der Waals surface area (Å²) in [6.45, 7) is 0.443. The van der Waals surface area contributed by atoms with E-state index >= 15 is 0 Å². The van der Waals surface area contributed by atoms with Crippen molar-refractivity contribution >= 4 is 11.6 Å². The molecule has 1 atom stereocenters. The number of benzene rings is 2. The SMILES string of the molecule is Cn1cnnc1CN[C@@H](Cc1ccccc1)C(=O)Nc1cccc(-c2ccncc2)c1. The van der Waals surface area contributed by atoms with Crippen molar-refractivity contribution in [3.05, 3.63) is 96.8 Å². The van der Waals surface area contributed by atoms with Crippen LogP contribution < -0.4 is 10.6 Å². The molecule has 2 aromatic heterocycles. The van der Waals surface area contributed by atoms with Gasteiger partial charge in [-0.3, -0.25) is 15.1 Å². The lowest BCUT2D eigenvalue weighted by Crippen LogP contribution is -2.42. The van der Waals surface area contributed by atoms with Gasteiger partial charge in [0.2, 0.25) is 5.91 Å². The van der Waals surface area contributed by atoms with Crippen LogP contribution in [0.1, 0.15) is 11.4 Å². The van der Waals surface area contributed by atoms with Crippen molar-refractivity contribution in [3.8, 4) is 11.1 Å². The number of carbonyl (C=O) groups is 1. The first-order chi connectivity index (χ1) is 15.2. The molecule has 4 rings (SSSR count). The Bertz CT molecular complexity index is 1130. The van der Waals surface area contributed by atoms with Gasteiger partial charge in [0.1, 0.15) is 12.2 Å². The van der Waals surface area contributed by atoms with E-state index < -0.39 is 6.04 Å². The van der Waals surface area contributed by atoms with E-state index in [4.69, 9.17) is 0 Å². The van der Waals surface area contributed by atoms with E-state index in [-0.39, 0.29) is 5.91 Å². The summed E-state index contributed by atoms with van der Waals surface area (Å²) in [7, 11) is 1.88. The molecule has 0 aliphatic heterocycles. The average molecular weight is 412 g/mol. The lowest BCUT2D eigenvalue weighted by Gasteiger charge is -2.19. The molecule has 7 heteroatoms. The number of hydrogen-bond donors (Lipinski definition) is 2. The summed E-state index contributed by atoms with van der Waals surface area (Å²) in [6.07, 6.45) is 5.72. The van der Waals surface area contributed by atoms with Crippen molar-refractivity contribution in [2.75, 3.05) is 5.32 Å². The maximum atomic E-state index is 13.2. The second-order valence-electron chi connectivity index (χ2n) is 7.29. The van der Waals surface area contributed by atoms with Crippen LogP contribution >= 0.6 is 0 Å². The molecule has 0 spiro atoms. The highest BCUT2D eigenvalue weighted by atomic mass is 16.2. The number of hydrogen-bond acceptors (Lipinski definition) is 5. The molecule has 156 valence electrons. The van der Waals surface area contributed by atoms with Crippen LogP contribution in [0, 0.1) is 0 Å². The number of carbonyl (C=O) groups excluding carboxylic acids is 1. The van der Waals surface area contributed by atoms with Gasteiger partial charge in [-0.05, 0) is 47.4 Å². The molecule has 2 heterocycles. The molecule has 0 aliphatic rings. The number of aromatic nitrogens is 4. The minimum absolute atomic E-state index is 0.0992. The minimum atomic E-state index is -0.427. The molecule has 7 nitrogen and oxygen atoms in total. The summed E-state index contributed by atoms with van der Waals surface area (Å²) in [5.41, 5.74) is 3.90. The number of pyridine rings is 1. The summed E-state index contributed by atoms with van der Waals surface area (Å²) >= 11 is 0. The Hall–Kier alpha value is -3.84. The molecule has 0 radical (unpaired) electrons. The fraction of sp³-hybridized carbons (Fsp3) is 0.167. The molecule has 0 unspecified atom stereocenters. The zero-order valence-corrected chi connectivity index (χ0v) is 17.3. The van der Waals surface area contributed by atoms with E-state index in [0.29, 0.717) is 13.0 Å². The molecule has 0 aliphatic carbocycles. The zero-order chi connectivity index (χ0) is 21.5. The van der Waals surface area contributed by atoms with Gasteiger partial charge >= 0.3 is 0 Å². The number of aryl methyl sites for hydroxylation is 1. The van der Waals surface area contributed by atoms with Crippen molar-refractivity contribution in [1.82, 2.24) is 25.1 Å². The van der Waals surface area contributed by atoms with E-state index in [1.54, 1.807) is 18.7 Å². The molecule has 0 fully saturated rings. The van der Waals surface area contributed by atoms with Gasteiger partial charge < -0.3 is 9.88 Å². The molecule has 2 N–H and O–H groups in total. The Morgan fingerprint density at radius 2 is 1.81 bits per heavy atom. The van der Waals surface area contributed by atoms with Crippen molar-refractivity contribution in [3.63, 3.8) is 0 Å². The fourth-order valence-electron chi connectivity index (χ4n) is 3.34. The van der Waals surface area contributed by atoms with E-state index in [1.807, 2.05) is 78.3 Å². The number of amides is 1. The predicted octanol–water partition coefficient (Wildman–Crippen LogP) is 3.22. The number of anilines is 1. The van der Waals surface area contributed by atoms with Crippen LogP contribution in [-0.2, 0) is 24.8 Å². The Morgan fingerprint density at radius 3 is 2.55 bits per heavy atom. The molecule has 0 bridgehead atoms. The van der Waals surface area contributed by atoms with Gasteiger partial charge in [0.05, 0.1) is 12.6 Å². The summed E-state index contributed by atoms with van der Waals surface area (Å²) in [5.74, 6) is 0.670. The Kier molecular flexibility index (Phi) is 6.44. The average Bonchev–Trinajstić information content (AvgIpc) is 3.22. The molecule has 0 saturated heterocycles. The molecule has 1 amide bonds. The third kappa shape index (κ3) is 5.40. The highest BCUT2D eigenvalue weighted by Crippen LogP contribution is 2.22. The van der Waals surface area contributed by atoms with Gasteiger partial charge in [-0.2, -0.15) is 0 Å².